The Bertz CT molecular complexity index is 590. The molecule has 0 aliphatic carbocycles. The van der Waals surface area contributed by atoms with Gasteiger partial charge in [0.05, 0.1) is 6.61 Å². The largest absolute Gasteiger partial charge is 0.397 e. The number of hydrogen-bond donors (Lipinski definition) is 1. The van der Waals surface area contributed by atoms with Crippen LogP contribution in [0.1, 0.15) is 129 Å². The van der Waals surface area contributed by atoms with Crippen LogP contribution < -0.4 is 0 Å². The third-order valence-electron chi connectivity index (χ3n) is 5.07. The van der Waals surface area contributed by atoms with Gasteiger partial charge in [-0.1, -0.05) is 109 Å². The summed E-state index contributed by atoms with van der Waals surface area (Å²) in [7, 11) is -4.27. The molecule has 0 aromatic rings. The Kier molecular flexibility index (Phi) is 21.9. The first kappa shape index (κ1) is 29.0. The van der Waals surface area contributed by atoms with E-state index in [4.69, 9.17) is 4.55 Å². The third kappa shape index (κ3) is 27.0. The molecule has 0 heterocycles. The second-order valence-corrected chi connectivity index (χ2v) is 9.10. The van der Waals surface area contributed by atoms with Gasteiger partial charge in [-0.2, -0.15) is 8.42 Å². The molecule has 0 bridgehead atoms. The van der Waals surface area contributed by atoms with E-state index in [1.165, 1.54) is 77.0 Å². The monoisotopic (exact) mass is 440 g/mol. The van der Waals surface area contributed by atoms with Gasteiger partial charge in [0.15, 0.2) is 0 Å². The summed E-state index contributed by atoms with van der Waals surface area (Å²) in [6, 6.07) is 0. The molecule has 0 unspecified atom stereocenters. The lowest BCUT2D eigenvalue weighted by Crippen LogP contribution is -2.04. The maximum Gasteiger partial charge on any atom is 0.397 e. The molecule has 30 heavy (non-hydrogen) atoms. The minimum Gasteiger partial charge on any atom is -0.264 e. The standard InChI is InChI=1S/C25H44O4S/c1-2-3-4-5-6-7-8-9-10-11-12-13-14-15-16-17-18-19-20-21-22-23-24-25-29-30(26,27)28/h2-12,17-25H2,1H3,(H,26,27,28). The van der Waals surface area contributed by atoms with E-state index in [2.05, 4.69) is 34.8 Å². The number of unbranched alkanes of at least 4 members (excludes halogenated alkanes) is 17. The molecule has 5 heteroatoms. The van der Waals surface area contributed by atoms with Crippen LogP contribution in [0.25, 0.3) is 0 Å². The summed E-state index contributed by atoms with van der Waals surface area (Å²) in [5, 5.41) is 0. The van der Waals surface area contributed by atoms with Crippen LogP contribution in [0.3, 0.4) is 0 Å². The second-order valence-electron chi connectivity index (χ2n) is 8.01. The first-order valence-corrected chi connectivity index (χ1v) is 13.5. The van der Waals surface area contributed by atoms with E-state index < -0.39 is 10.4 Å². The van der Waals surface area contributed by atoms with E-state index in [1.54, 1.807) is 0 Å². The Balaban J connectivity index is 3.28. The molecule has 174 valence electrons. The van der Waals surface area contributed by atoms with Gasteiger partial charge in [-0.25, -0.2) is 4.18 Å². The fourth-order valence-electron chi connectivity index (χ4n) is 3.28. The predicted octanol–water partition coefficient (Wildman–Crippen LogP) is 7.24. The quantitative estimate of drug-likeness (QED) is 0.123. The molecule has 0 saturated heterocycles. The lowest BCUT2D eigenvalue weighted by Gasteiger charge is -2.01. The zero-order chi connectivity index (χ0) is 22.2. The molecule has 0 fully saturated rings. The van der Waals surface area contributed by atoms with E-state index in [1.807, 2.05) is 0 Å². The van der Waals surface area contributed by atoms with Crippen molar-refractivity contribution >= 4 is 10.4 Å². The first-order valence-electron chi connectivity index (χ1n) is 12.1. The maximum absolute atomic E-state index is 10.4. The fraction of sp³-hybridized carbons (Fsp3) is 0.840. The van der Waals surface area contributed by atoms with Crippen LogP contribution in [0, 0.1) is 23.7 Å². The highest BCUT2D eigenvalue weighted by Crippen LogP contribution is 2.11. The number of rotatable bonds is 20. The average molecular weight is 441 g/mol. The van der Waals surface area contributed by atoms with Gasteiger partial charge < -0.3 is 0 Å². The van der Waals surface area contributed by atoms with Crippen molar-refractivity contribution in [3.05, 3.63) is 0 Å². The third-order valence-corrected chi connectivity index (χ3v) is 5.54. The van der Waals surface area contributed by atoms with Crippen molar-refractivity contribution < 1.29 is 17.2 Å². The van der Waals surface area contributed by atoms with Gasteiger partial charge in [-0.15, -0.1) is 0 Å². The molecule has 0 aromatic carbocycles. The first-order chi connectivity index (χ1) is 14.6. The van der Waals surface area contributed by atoms with E-state index >= 15 is 0 Å². The van der Waals surface area contributed by atoms with Gasteiger partial charge in [-0.3, -0.25) is 4.55 Å². The van der Waals surface area contributed by atoms with Crippen LogP contribution in [0.5, 0.6) is 0 Å². The lowest BCUT2D eigenvalue weighted by atomic mass is 10.1. The molecule has 0 radical (unpaired) electrons. The van der Waals surface area contributed by atoms with E-state index in [-0.39, 0.29) is 6.61 Å². The van der Waals surface area contributed by atoms with Crippen LogP contribution in [0.15, 0.2) is 0 Å². The smallest absolute Gasteiger partial charge is 0.264 e. The molecule has 0 amide bonds. The van der Waals surface area contributed by atoms with Crippen molar-refractivity contribution in [3.63, 3.8) is 0 Å². The fourth-order valence-corrected chi connectivity index (χ4v) is 3.61. The van der Waals surface area contributed by atoms with Crippen LogP contribution in [0.4, 0.5) is 0 Å². The van der Waals surface area contributed by atoms with Crippen molar-refractivity contribution in [2.45, 2.75) is 129 Å². The highest BCUT2D eigenvalue weighted by atomic mass is 32.3. The zero-order valence-electron chi connectivity index (χ0n) is 19.2. The zero-order valence-corrected chi connectivity index (χ0v) is 20.0. The molecular weight excluding hydrogens is 396 g/mol. The lowest BCUT2D eigenvalue weighted by molar-refractivity contribution is 0.261. The Morgan fingerprint density at radius 2 is 0.967 bits per heavy atom. The molecular formula is C25H44O4S. The van der Waals surface area contributed by atoms with Gasteiger partial charge in [0.25, 0.3) is 0 Å². The molecule has 0 aliphatic rings. The topological polar surface area (TPSA) is 63.6 Å². The summed E-state index contributed by atoms with van der Waals surface area (Å²) in [4.78, 5) is 0. The van der Waals surface area contributed by atoms with Crippen molar-refractivity contribution in [3.8, 4) is 23.7 Å². The summed E-state index contributed by atoms with van der Waals surface area (Å²) in [5.74, 6) is 12.2. The summed E-state index contributed by atoms with van der Waals surface area (Å²) >= 11 is 0. The normalized spacial score (nSPS) is 10.9. The molecule has 0 rings (SSSR count). The van der Waals surface area contributed by atoms with E-state index in [0.717, 1.165) is 38.5 Å². The minimum atomic E-state index is -4.27. The van der Waals surface area contributed by atoms with Gasteiger partial charge in [0, 0.05) is 12.8 Å². The van der Waals surface area contributed by atoms with Gasteiger partial charge in [0.2, 0.25) is 0 Å². The maximum atomic E-state index is 10.4. The minimum absolute atomic E-state index is 0.0641. The van der Waals surface area contributed by atoms with Crippen LogP contribution in [0.2, 0.25) is 0 Å². The van der Waals surface area contributed by atoms with Crippen molar-refractivity contribution in [1.82, 2.24) is 0 Å². The van der Waals surface area contributed by atoms with Crippen LogP contribution in [-0.2, 0) is 14.6 Å². The molecule has 0 aromatic heterocycles. The highest BCUT2D eigenvalue weighted by molar-refractivity contribution is 7.80. The molecule has 0 aliphatic heterocycles. The summed E-state index contributed by atoms with van der Waals surface area (Å²) in [5.41, 5.74) is 0. The van der Waals surface area contributed by atoms with Gasteiger partial charge in [-0.05, 0) is 31.1 Å². The Hall–Kier alpha value is -1.01. The van der Waals surface area contributed by atoms with E-state index in [9.17, 15) is 8.42 Å². The molecule has 0 spiro atoms. The molecule has 0 saturated carbocycles. The number of hydrogen-bond acceptors (Lipinski definition) is 3. The van der Waals surface area contributed by atoms with Crippen molar-refractivity contribution in [2.24, 2.45) is 0 Å². The Morgan fingerprint density at radius 1 is 0.600 bits per heavy atom. The predicted molar refractivity (Wildman–Crippen MR) is 126 cm³/mol. The van der Waals surface area contributed by atoms with Crippen LogP contribution in [-0.4, -0.2) is 19.6 Å². The van der Waals surface area contributed by atoms with Crippen LogP contribution >= 0.6 is 0 Å². The SMILES string of the molecule is CCCCCCCCCCCCC#CC#CCCCCCCCCCOS(=O)(=O)O. The second kappa shape index (κ2) is 22.7. The van der Waals surface area contributed by atoms with Crippen molar-refractivity contribution in [2.75, 3.05) is 6.61 Å². The highest BCUT2D eigenvalue weighted by Gasteiger charge is 2.02. The van der Waals surface area contributed by atoms with E-state index in [0.29, 0.717) is 6.42 Å². The van der Waals surface area contributed by atoms with Gasteiger partial charge >= 0.3 is 10.4 Å². The average Bonchev–Trinajstić information content (AvgIpc) is 2.70. The summed E-state index contributed by atoms with van der Waals surface area (Å²) < 4.78 is 33.4. The molecule has 4 nitrogen and oxygen atoms in total. The summed E-state index contributed by atoms with van der Waals surface area (Å²) in [6.45, 7) is 2.33. The van der Waals surface area contributed by atoms with Gasteiger partial charge in [0.1, 0.15) is 0 Å². The Labute approximate surface area is 186 Å². The molecule has 0 atom stereocenters. The summed E-state index contributed by atoms with van der Waals surface area (Å²) in [6.07, 6.45) is 22.7. The molecule has 1 N–H and O–H groups in total. The van der Waals surface area contributed by atoms with Crippen molar-refractivity contribution in [1.29, 1.82) is 0 Å². The Morgan fingerprint density at radius 3 is 1.37 bits per heavy atom.